The molecule has 0 unspecified atom stereocenters. The zero-order valence-electron chi connectivity index (χ0n) is 16.2. The largest absolute Gasteiger partial charge is 0.496 e. The van der Waals surface area contributed by atoms with E-state index in [-0.39, 0.29) is 0 Å². The Balaban J connectivity index is 1.92. The van der Waals surface area contributed by atoms with Crippen LogP contribution in [0.25, 0.3) is 38.6 Å². The van der Waals surface area contributed by atoms with Crippen molar-refractivity contribution in [1.82, 2.24) is 14.7 Å². The normalized spacial score (nSPS) is 11.4. The van der Waals surface area contributed by atoms with Gasteiger partial charge in [-0.15, -0.1) is 0 Å². The van der Waals surface area contributed by atoms with E-state index in [0.29, 0.717) is 5.02 Å². The molecule has 0 radical (unpaired) electrons. The number of nitrogens with zero attached hydrogens (tertiary/aromatic N) is 3. The number of rotatable bonds is 3. The van der Waals surface area contributed by atoms with Crippen LogP contribution in [0.15, 0.2) is 59.4 Å². The fourth-order valence-corrected chi connectivity index (χ4v) is 4.11. The maximum absolute atomic E-state index is 6.12. The van der Waals surface area contributed by atoms with Gasteiger partial charge in [-0.05, 0) is 56.3 Å². The molecular formula is C23H18ClN3O2. The molecule has 5 rings (SSSR count). The van der Waals surface area contributed by atoms with Crippen molar-refractivity contribution < 1.29 is 9.26 Å². The molecule has 0 aliphatic heterocycles. The lowest BCUT2D eigenvalue weighted by atomic mass is 10.0. The third-order valence-corrected chi connectivity index (χ3v) is 5.53. The molecule has 3 aromatic heterocycles. The highest BCUT2D eigenvalue weighted by Crippen LogP contribution is 2.41. The minimum Gasteiger partial charge on any atom is -0.496 e. The van der Waals surface area contributed by atoms with Gasteiger partial charge >= 0.3 is 0 Å². The zero-order chi connectivity index (χ0) is 20.1. The van der Waals surface area contributed by atoms with Crippen LogP contribution in [0.5, 0.6) is 5.75 Å². The van der Waals surface area contributed by atoms with Crippen molar-refractivity contribution in [3.63, 3.8) is 0 Å². The first kappa shape index (κ1) is 17.8. The van der Waals surface area contributed by atoms with Crippen LogP contribution in [0.3, 0.4) is 0 Å². The monoisotopic (exact) mass is 403 g/mol. The predicted molar refractivity (Wildman–Crippen MR) is 115 cm³/mol. The van der Waals surface area contributed by atoms with Crippen LogP contribution in [-0.2, 0) is 0 Å². The molecule has 0 saturated heterocycles. The third-order valence-electron chi connectivity index (χ3n) is 5.28. The number of aryl methyl sites for hydroxylation is 2. The molecule has 0 aliphatic carbocycles. The summed E-state index contributed by atoms with van der Waals surface area (Å²) in [7, 11) is 1.68. The second-order valence-electron chi connectivity index (χ2n) is 6.97. The van der Waals surface area contributed by atoms with Gasteiger partial charge < -0.3 is 13.8 Å². The van der Waals surface area contributed by atoms with Crippen LogP contribution in [0.1, 0.15) is 11.5 Å². The van der Waals surface area contributed by atoms with Gasteiger partial charge in [0.05, 0.1) is 29.4 Å². The van der Waals surface area contributed by atoms with Crippen molar-refractivity contribution in [3.8, 4) is 22.6 Å². The van der Waals surface area contributed by atoms with Crippen LogP contribution in [0.2, 0.25) is 5.02 Å². The number of benzene rings is 2. The second-order valence-corrected chi connectivity index (χ2v) is 7.41. The molecular weight excluding hydrogens is 386 g/mol. The SMILES string of the molecule is COc1cc2c3cnccc3n(-c3ccc(Cl)cc3)c2cc1-c1c(C)noc1C. The molecule has 5 nitrogen and oxygen atoms in total. The highest BCUT2D eigenvalue weighted by molar-refractivity contribution is 6.30. The lowest BCUT2D eigenvalue weighted by Gasteiger charge is -2.12. The Morgan fingerprint density at radius 1 is 1.00 bits per heavy atom. The van der Waals surface area contributed by atoms with E-state index in [1.54, 1.807) is 13.3 Å². The first-order valence-electron chi connectivity index (χ1n) is 9.24. The minimum atomic E-state index is 0.703. The fourth-order valence-electron chi connectivity index (χ4n) is 3.99. The van der Waals surface area contributed by atoms with E-state index in [2.05, 4.69) is 26.8 Å². The first-order chi connectivity index (χ1) is 14.1. The second kappa shape index (κ2) is 6.64. The summed E-state index contributed by atoms with van der Waals surface area (Å²) < 4.78 is 13.4. The molecule has 0 aliphatic rings. The summed E-state index contributed by atoms with van der Waals surface area (Å²) in [5, 5.41) is 6.94. The topological polar surface area (TPSA) is 53.1 Å². The lowest BCUT2D eigenvalue weighted by molar-refractivity contribution is 0.393. The van der Waals surface area contributed by atoms with E-state index in [1.807, 2.05) is 50.4 Å². The first-order valence-corrected chi connectivity index (χ1v) is 9.61. The van der Waals surface area contributed by atoms with Gasteiger partial charge in [-0.25, -0.2) is 0 Å². The van der Waals surface area contributed by atoms with Crippen molar-refractivity contribution in [2.24, 2.45) is 0 Å². The smallest absolute Gasteiger partial charge is 0.141 e. The van der Waals surface area contributed by atoms with Crippen LogP contribution < -0.4 is 4.74 Å². The number of pyridine rings is 1. The third kappa shape index (κ3) is 2.69. The van der Waals surface area contributed by atoms with Gasteiger partial charge in [-0.1, -0.05) is 16.8 Å². The number of aromatic nitrogens is 3. The average Bonchev–Trinajstić information content (AvgIpc) is 3.24. The maximum Gasteiger partial charge on any atom is 0.141 e. The number of ether oxygens (including phenoxy) is 1. The summed E-state index contributed by atoms with van der Waals surface area (Å²) in [4.78, 5) is 4.34. The van der Waals surface area contributed by atoms with Crippen molar-refractivity contribution in [1.29, 1.82) is 0 Å². The predicted octanol–water partition coefficient (Wildman–Crippen LogP) is 6.11. The number of halogens is 1. The van der Waals surface area contributed by atoms with Gasteiger partial charge in [0.15, 0.2) is 0 Å². The van der Waals surface area contributed by atoms with Gasteiger partial charge in [-0.3, -0.25) is 4.98 Å². The summed E-state index contributed by atoms with van der Waals surface area (Å²) in [5.41, 5.74) is 5.87. The van der Waals surface area contributed by atoms with E-state index < -0.39 is 0 Å². The van der Waals surface area contributed by atoms with Crippen molar-refractivity contribution in [2.75, 3.05) is 7.11 Å². The standard InChI is InChI=1S/C23H18ClN3O2/c1-13-23(14(2)29-26-13)18-10-21-17(11-22(18)28-3)19-12-25-9-8-20(19)27(21)16-6-4-15(24)5-7-16/h4-12H,1-3H3. The molecule has 0 bridgehead atoms. The molecule has 0 saturated carbocycles. The van der Waals surface area contributed by atoms with Crippen molar-refractivity contribution in [2.45, 2.75) is 13.8 Å². The maximum atomic E-state index is 6.12. The van der Waals surface area contributed by atoms with Crippen LogP contribution in [0, 0.1) is 13.8 Å². The molecule has 5 aromatic rings. The molecule has 6 heteroatoms. The number of hydrogen-bond donors (Lipinski definition) is 0. The van der Waals surface area contributed by atoms with Gasteiger partial charge in [0.25, 0.3) is 0 Å². The summed E-state index contributed by atoms with van der Waals surface area (Å²) in [6.45, 7) is 3.85. The molecule has 0 atom stereocenters. The van der Waals surface area contributed by atoms with E-state index in [1.165, 1.54) is 0 Å². The Labute approximate surface area is 172 Å². The molecule has 2 aromatic carbocycles. The Hall–Kier alpha value is -3.31. The molecule has 3 heterocycles. The van der Waals surface area contributed by atoms with E-state index >= 15 is 0 Å². The van der Waals surface area contributed by atoms with Crippen molar-refractivity contribution in [3.05, 3.63) is 71.3 Å². The van der Waals surface area contributed by atoms with Crippen molar-refractivity contribution >= 4 is 33.4 Å². The Bertz CT molecular complexity index is 1350. The molecule has 0 fully saturated rings. The number of fused-ring (bicyclic) bond motifs is 3. The van der Waals surface area contributed by atoms with Gasteiger partial charge in [0, 0.05) is 39.4 Å². The average molecular weight is 404 g/mol. The van der Waals surface area contributed by atoms with E-state index in [4.69, 9.17) is 20.9 Å². The lowest BCUT2D eigenvalue weighted by Crippen LogP contribution is -1.95. The molecule has 0 N–H and O–H groups in total. The zero-order valence-corrected chi connectivity index (χ0v) is 17.0. The molecule has 0 spiro atoms. The van der Waals surface area contributed by atoms with Crippen LogP contribution in [-0.4, -0.2) is 21.8 Å². The quantitative estimate of drug-likeness (QED) is 0.364. The van der Waals surface area contributed by atoms with Crippen LogP contribution in [0.4, 0.5) is 0 Å². The number of methoxy groups -OCH3 is 1. The number of hydrogen-bond acceptors (Lipinski definition) is 4. The Morgan fingerprint density at radius 2 is 1.79 bits per heavy atom. The summed E-state index contributed by atoms with van der Waals surface area (Å²) in [6, 6.07) is 14.0. The highest BCUT2D eigenvalue weighted by Gasteiger charge is 2.20. The molecule has 0 amide bonds. The van der Waals surface area contributed by atoms with Gasteiger partial charge in [0.1, 0.15) is 11.5 Å². The van der Waals surface area contributed by atoms with Gasteiger partial charge in [0.2, 0.25) is 0 Å². The summed E-state index contributed by atoms with van der Waals surface area (Å²) in [5.74, 6) is 1.53. The fraction of sp³-hybridized carbons (Fsp3) is 0.130. The van der Waals surface area contributed by atoms with Gasteiger partial charge in [-0.2, -0.15) is 0 Å². The van der Waals surface area contributed by atoms with E-state index in [9.17, 15) is 0 Å². The minimum absolute atomic E-state index is 0.703. The van der Waals surface area contributed by atoms with E-state index in [0.717, 1.165) is 55.8 Å². The van der Waals surface area contributed by atoms with Crippen LogP contribution >= 0.6 is 11.6 Å². The summed E-state index contributed by atoms with van der Waals surface area (Å²) >= 11 is 6.12. The summed E-state index contributed by atoms with van der Waals surface area (Å²) in [6.07, 6.45) is 3.69. The Morgan fingerprint density at radius 3 is 2.48 bits per heavy atom. The molecule has 29 heavy (non-hydrogen) atoms. The Kier molecular flexibility index (Phi) is 4.07. The molecule has 144 valence electrons. The highest BCUT2D eigenvalue weighted by atomic mass is 35.5.